The van der Waals surface area contributed by atoms with Gasteiger partial charge >= 0.3 is 0 Å². The zero-order chi connectivity index (χ0) is 14.8. The molecule has 1 nitrogen and oxygen atoms in total. The van der Waals surface area contributed by atoms with Crippen LogP contribution in [0, 0.1) is 11.3 Å². The van der Waals surface area contributed by atoms with Crippen molar-refractivity contribution in [3.63, 3.8) is 0 Å². The van der Waals surface area contributed by atoms with Gasteiger partial charge < -0.3 is 5.32 Å². The Bertz CT molecular complexity index is 441. The van der Waals surface area contributed by atoms with E-state index in [2.05, 4.69) is 45.1 Å². The van der Waals surface area contributed by atoms with Crippen LogP contribution in [-0.4, -0.2) is 12.1 Å². The topological polar surface area (TPSA) is 12.0 Å². The van der Waals surface area contributed by atoms with E-state index < -0.39 is 0 Å². The molecule has 112 valence electrons. The molecule has 2 rings (SSSR count). The Kier molecular flexibility index (Phi) is 5.14. The van der Waals surface area contributed by atoms with E-state index >= 15 is 0 Å². The van der Waals surface area contributed by atoms with E-state index in [-0.39, 0.29) is 0 Å². The van der Waals surface area contributed by atoms with Crippen LogP contribution >= 0.6 is 11.6 Å². The first-order valence-electron chi connectivity index (χ1n) is 7.86. The molecule has 1 aliphatic carbocycles. The third kappa shape index (κ3) is 4.49. The number of rotatable bonds is 4. The summed E-state index contributed by atoms with van der Waals surface area (Å²) in [5.74, 6) is 0.764. The second-order valence-corrected chi connectivity index (χ2v) is 7.83. The fraction of sp³-hybridized carbons (Fsp3) is 0.667. The summed E-state index contributed by atoms with van der Waals surface area (Å²) in [6.45, 7) is 9.47. The molecule has 0 radical (unpaired) electrons. The molecule has 0 amide bonds. The van der Waals surface area contributed by atoms with Crippen molar-refractivity contribution in [1.29, 1.82) is 0 Å². The van der Waals surface area contributed by atoms with Gasteiger partial charge in [0.15, 0.2) is 0 Å². The highest BCUT2D eigenvalue weighted by atomic mass is 35.5. The van der Waals surface area contributed by atoms with Gasteiger partial charge in [0.2, 0.25) is 0 Å². The largest absolute Gasteiger partial charge is 0.311 e. The maximum Gasteiger partial charge on any atom is 0.0408 e. The van der Waals surface area contributed by atoms with Gasteiger partial charge in [-0.3, -0.25) is 0 Å². The van der Waals surface area contributed by atoms with Gasteiger partial charge in [-0.05, 0) is 61.6 Å². The van der Waals surface area contributed by atoms with Crippen molar-refractivity contribution in [2.75, 3.05) is 0 Å². The molecule has 1 aromatic rings. The number of nitrogens with one attached hydrogen (secondary N) is 1. The van der Waals surface area contributed by atoms with E-state index in [9.17, 15) is 0 Å². The third-order valence-corrected chi connectivity index (χ3v) is 4.86. The first-order chi connectivity index (χ1) is 9.35. The molecular weight excluding hydrogens is 266 g/mol. The molecule has 0 spiro atoms. The lowest BCUT2D eigenvalue weighted by atomic mass is 9.70. The lowest BCUT2D eigenvalue weighted by Crippen LogP contribution is -2.46. The van der Waals surface area contributed by atoms with Gasteiger partial charge in [0, 0.05) is 17.1 Å². The van der Waals surface area contributed by atoms with Crippen LogP contribution in [0.1, 0.15) is 52.5 Å². The van der Waals surface area contributed by atoms with E-state index in [1.54, 1.807) is 0 Å². The molecule has 3 unspecified atom stereocenters. The molecule has 20 heavy (non-hydrogen) atoms. The van der Waals surface area contributed by atoms with Crippen molar-refractivity contribution >= 4 is 11.6 Å². The standard InChI is InChI=1S/C18H28ClN/c1-13-12-18(3,4)9-8-17(13)20-14(2)10-15-6-5-7-16(19)11-15/h5-7,11,13-14,17,20H,8-10,12H2,1-4H3. The van der Waals surface area contributed by atoms with Crippen molar-refractivity contribution in [2.45, 2.75) is 65.5 Å². The minimum Gasteiger partial charge on any atom is -0.311 e. The highest BCUT2D eigenvalue weighted by Gasteiger charge is 2.32. The molecule has 0 aliphatic heterocycles. The molecule has 3 atom stereocenters. The Labute approximate surface area is 129 Å². The number of hydrogen-bond donors (Lipinski definition) is 1. The van der Waals surface area contributed by atoms with E-state index in [1.165, 1.54) is 24.8 Å². The van der Waals surface area contributed by atoms with Crippen LogP contribution in [0.15, 0.2) is 24.3 Å². The summed E-state index contributed by atoms with van der Waals surface area (Å²) in [5.41, 5.74) is 1.84. The zero-order valence-electron chi connectivity index (χ0n) is 13.2. The molecule has 1 saturated carbocycles. The van der Waals surface area contributed by atoms with E-state index in [4.69, 9.17) is 11.6 Å². The SMILES string of the molecule is CC(Cc1cccc(Cl)c1)NC1CCC(C)(C)CC1C. The molecule has 0 aromatic heterocycles. The molecule has 1 aliphatic rings. The van der Waals surface area contributed by atoms with E-state index in [0.29, 0.717) is 17.5 Å². The monoisotopic (exact) mass is 293 g/mol. The highest BCUT2D eigenvalue weighted by Crippen LogP contribution is 2.38. The van der Waals surface area contributed by atoms with Gasteiger partial charge in [-0.2, -0.15) is 0 Å². The second-order valence-electron chi connectivity index (χ2n) is 7.39. The van der Waals surface area contributed by atoms with Gasteiger partial charge in [0.05, 0.1) is 0 Å². The van der Waals surface area contributed by atoms with E-state index in [1.807, 2.05) is 12.1 Å². The first kappa shape index (κ1) is 15.9. The minimum atomic E-state index is 0.502. The Hall–Kier alpha value is -0.530. The van der Waals surface area contributed by atoms with Crippen molar-refractivity contribution < 1.29 is 0 Å². The average molecular weight is 294 g/mol. The van der Waals surface area contributed by atoms with Gasteiger partial charge in [0.1, 0.15) is 0 Å². The van der Waals surface area contributed by atoms with Crippen molar-refractivity contribution in [2.24, 2.45) is 11.3 Å². The summed E-state index contributed by atoms with van der Waals surface area (Å²) < 4.78 is 0. The third-order valence-electron chi connectivity index (χ3n) is 4.62. The molecule has 1 aromatic carbocycles. The van der Waals surface area contributed by atoms with Crippen LogP contribution in [0.2, 0.25) is 5.02 Å². The van der Waals surface area contributed by atoms with Gasteiger partial charge in [-0.15, -0.1) is 0 Å². The summed E-state index contributed by atoms with van der Waals surface area (Å²) in [7, 11) is 0. The smallest absolute Gasteiger partial charge is 0.0408 e. The van der Waals surface area contributed by atoms with Gasteiger partial charge in [-0.1, -0.05) is 44.5 Å². The predicted octanol–water partition coefficient (Wildman–Crippen LogP) is 5.08. The Morgan fingerprint density at radius 2 is 2.15 bits per heavy atom. The summed E-state index contributed by atoms with van der Waals surface area (Å²) in [4.78, 5) is 0. The Morgan fingerprint density at radius 1 is 1.40 bits per heavy atom. The van der Waals surface area contributed by atoms with Crippen molar-refractivity contribution in [3.05, 3.63) is 34.9 Å². The maximum atomic E-state index is 6.05. The number of hydrogen-bond acceptors (Lipinski definition) is 1. The molecule has 1 N–H and O–H groups in total. The molecule has 0 heterocycles. The summed E-state index contributed by atoms with van der Waals surface area (Å²) in [6, 6.07) is 9.38. The number of benzene rings is 1. The lowest BCUT2D eigenvalue weighted by Gasteiger charge is -2.40. The normalized spacial score (nSPS) is 27.2. The molecular formula is C18H28ClN. The molecule has 0 saturated heterocycles. The zero-order valence-corrected chi connectivity index (χ0v) is 14.0. The molecule has 0 bridgehead atoms. The molecule has 1 fully saturated rings. The van der Waals surface area contributed by atoms with Crippen molar-refractivity contribution in [3.8, 4) is 0 Å². The quantitative estimate of drug-likeness (QED) is 0.817. The Balaban J connectivity index is 1.87. The van der Waals surface area contributed by atoms with Crippen molar-refractivity contribution in [1.82, 2.24) is 5.32 Å². The fourth-order valence-electron chi connectivity index (χ4n) is 3.64. The summed E-state index contributed by atoms with van der Waals surface area (Å²) >= 11 is 6.05. The average Bonchev–Trinajstić information content (AvgIpc) is 2.32. The maximum absolute atomic E-state index is 6.05. The van der Waals surface area contributed by atoms with Crippen LogP contribution in [0.4, 0.5) is 0 Å². The predicted molar refractivity (Wildman–Crippen MR) is 88.3 cm³/mol. The van der Waals surface area contributed by atoms with Crippen LogP contribution in [0.5, 0.6) is 0 Å². The fourth-order valence-corrected chi connectivity index (χ4v) is 3.85. The van der Waals surface area contributed by atoms with Gasteiger partial charge in [-0.25, -0.2) is 0 Å². The van der Waals surface area contributed by atoms with Crippen LogP contribution in [0.3, 0.4) is 0 Å². The Morgan fingerprint density at radius 3 is 2.80 bits per heavy atom. The lowest BCUT2D eigenvalue weighted by molar-refractivity contribution is 0.142. The second kappa shape index (κ2) is 6.49. The minimum absolute atomic E-state index is 0.502. The first-order valence-corrected chi connectivity index (χ1v) is 8.24. The van der Waals surface area contributed by atoms with Crippen LogP contribution in [0.25, 0.3) is 0 Å². The van der Waals surface area contributed by atoms with Crippen LogP contribution < -0.4 is 5.32 Å². The summed E-state index contributed by atoms with van der Waals surface area (Å²) in [5, 5.41) is 4.67. The highest BCUT2D eigenvalue weighted by molar-refractivity contribution is 6.30. The van der Waals surface area contributed by atoms with E-state index in [0.717, 1.165) is 17.4 Å². The molecule has 2 heteroatoms. The van der Waals surface area contributed by atoms with Crippen LogP contribution in [-0.2, 0) is 6.42 Å². The van der Waals surface area contributed by atoms with Gasteiger partial charge in [0.25, 0.3) is 0 Å². The summed E-state index contributed by atoms with van der Waals surface area (Å²) in [6.07, 6.45) is 5.01. The number of halogens is 1.